The average Bonchev–Trinajstić information content (AvgIpc) is 2.79. The zero-order chi connectivity index (χ0) is 23.3. The van der Waals surface area contributed by atoms with E-state index in [1.165, 1.54) is 22.6 Å². The molecule has 0 unspecified atom stereocenters. The maximum atomic E-state index is 13.1. The molecule has 9 heteroatoms. The van der Waals surface area contributed by atoms with Gasteiger partial charge < -0.3 is 15.2 Å². The minimum Gasteiger partial charge on any atom is -0.360 e. The Morgan fingerprint density at radius 2 is 1.91 bits per heavy atom. The minimum absolute atomic E-state index is 0.0123. The van der Waals surface area contributed by atoms with Crippen molar-refractivity contribution in [2.24, 2.45) is 5.92 Å². The SMILES string of the molecule is CCN(CC)CCCNC(=O)c1c[nH]c2ccc(S(=O)(=O)N3CCC(C)CC3)cc2c1=O. The fourth-order valence-electron chi connectivity index (χ4n) is 4.04. The minimum atomic E-state index is -3.68. The van der Waals surface area contributed by atoms with Crippen LogP contribution in [-0.2, 0) is 10.0 Å². The van der Waals surface area contributed by atoms with Crippen LogP contribution in [0.5, 0.6) is 0 Å². The molecule has 176 valence electrons. The number of rotatable bonds is 9. The number of benzene rings is 1. The Balaban J connectivity index is 1.78. The second-order valence-electron chi connectivity index (χ2n) is 8.46. The maximum absolute atomic E-state index is 13.1. The monoisotopic (exact) mass is 462 g/mol. The van der Waals surface area contributed by atoms with Crippen molar-refractivity contribution in [3.8, 4) is 0 Å². The number of H-pyrrole nitrogens is 1. The number of hydrogen-bond donors (Lipinski definition) is 2. The highest BCUT2D eigenvalue weighted by Crippen LogP contribution is 2.24. The molecule has 0 bridgehead atoms. The number of piperidine rings is 1. The molecule has 0 spiro atoms. The summed E-state index contributed by atoms with van der Waals surface area (Å²) in [6, 6.07) is 4.49. The summed E-state index contributed by atoms with van der Waals surface area (Å²) in [5.41, 5.74) is 0.0188. The van der Waals surface area contributed by atoms with Crippen LogP contribution < -0.4 is 10.7 Å². The third-order valence-electron chi connectivity index (χ3n) is 6.31. The lowest BCUT2D eigenvalue weighted by Crippen LogP contribution is -2.37. The molecule has 1 aromatic carbocycles. The predicted molar refractivity (Wildman–Crippen MR) is 126 cm³/mol. The molecule has 0 radical (unpaired) electrons. The first-order chi connectivity index (χ1) is 15.3. The molecule has 8 nitrogen and oxygen atoms in total. The smallest absolute Gasteiger partial charge is 0.256 e. The lowest BCUT2D eigenvalue weighted by atomic mass is 10.0. The molecule has 32 heavy (non-hydrogen) atoms. The van der Waals surface area contributed by atoms with E-state index in [1.54, 1.807) is 6.07 Å². The van der Waals surface area contributed by atoms with Crippen molar-refractivity contribution in [3.63, 3.8) is 0 Å². The molecule has 1 fully saturated rings. The van der Waals surface area contributed by atoms with Gasteiger partial charge in [-0.25, -0.2) is 8.42 Å². The molecule has 1 saturated heterocycles. The first-order valence-corrected chi connectivity index (χ1v) is 12.9. The van der Waals surface area contributed by atoms with Crippen LogP contribution in [0.4, 0.5) is 0 Å². The van der Waals surface area contributed by atoms with Crippen molar-refractivity contribution in [2.75, 3.05) is 39.3 Å². The van der Waals surface area contributed by atoms with Gasteiger partial charge in [-0.2, -0.15) is 4.31 Å². The Morgan fingerprint density at radius 1 is 1.22 bits per heavy atom. The lowest BCUT2D eigenvalue weighted by Gasteiger charge is -2.29. The zero-order valence-corrected chi connectivity index (χ0v) is 20.0. The lowest BCUT2D eigenvalue weighted by molar-refractivity contribution is 0.0950. The number of carbonyl (C=O) groups is 1. The van der Waals surface area contributed by atoms with Crippen LogP contribution >= 0.6 is 0 Å². The van der Waals surface area contributed by atoms with E-state index in [4.69, 9.17) is 0 Å². The van der Waals surface area contributed by atoms with Gasteiger partial charge in [-0.05, 0) is 63.0 Å². The van der Waals surface area contributed by atoms with E-state index in [0.29, 0.717) is 31.1 Å². The highest BCUT2D eigenvalue weighted by atomic mass is 32.2. The Bertz CT molecular complexity index is 1100. The Kier molecular flexibility index (Phi) is 8.08. The van der Waals surface area contributed by atoms with Gasteiger partial charge in [0.15, 0.2) is 0 Å². The second-order valence-corrected chi connectivity index (χ2v) is 10.4. The van der Waals surface area contributed by atoms with Crippen molar-refractivity contribution in [3.05, 3.63) is 40.2 Å². The number of pyridine rings is 1. The van der Waals surface area contributed by atoms with E-state index in [-0.39, 0.29) is 15.8 Å². The largest absolute Gasteiger partial charge is 0.360 e. The van der Waals surface area contributed by atoms with Gasteiger partial charge in [0.2, 0.25) is 15.5 Å². The van der Waals surface area contributed by atoms with Crippen LogP contribution in [0.2, 0.25) is 0 Å². The number of aromatic nitrogens is 1. The topological polar surface area (TPSA) is 103 Å². The quantitative estimate of drug-likeness (QED) is 0.557. The number of nitrogens with one attached hydrogen (secondary N) is 2. The van der Waals surface area contributed by atoms with E-state index >= 15 is 0 Å². The third-order valence-corrected chi connectivity index (χ3v) is 8.20. The maximum Gasteiger partial charge on any atom is 0.256 e. The van der Waals surface area contributed by atoms with Crippen molar-refractivity contribution in [2.45, 2.75) is 44.9 Å². The van der Waals surface area contributed by atoms with Crippen molar-refractivity contribution < 1.29 is 13.2 Å². The van der Waals surface area contributed by atoms with Crippen molar-refractivity contribution in [1.29, 1.82) is 0 Å². The number of sulfonamides is 1. The molecule has 2 aromatic rings. The highest BCUT2D eigenvalue weighted by molar-refractivity contribution is 7.89. The van der Waals surface area contributed by atoms with E-state index in [2.05, 4.69) is 36.0 Å². The molecule has 3 rings (SSSR count). The number of aromatic amines is 1. The standard InChI is InChI=1S/C23H34N4O4S/c1-4-26(5-2)12-6-11-24-23(29)20-16-25-21-8-7-18(15-19(21)22(20)28)32(30,31)27-13-9-17(3)10-14-27/h7-8,15-17H,4-6,9-14H2,1-3H3,(H,24,29)(H,25,28). The number of amides is 1. The highest BCUT2D eigenvalue weighted by Gasteiger charge is 2.28. The fraction of sp³-hybridized carbons (Fsp3) is 0.565. The molecule has 2 heterocycles. The number of carbonyl (C=O) groups excluding carboxylic acids is 1. The number of fused-ring (bicyclic) bond motifs is 1. The van der Waals surface area contributed by atoms with Gasteiger partial charge >= 0.3 is 0 Å². The average molecular weight is 463 g/mol. The van der Waals surface area contributed by atoms with Gasteiger partial charge in [-0.3, -0.25) is 9.59 Å². The van der Waals surface area contributed by atoms with E-state index in [0.717, 1.165) is 38.9 Å². The molecule has 1 aliphatic rings. The normalized spacial score (nSPS) is 16.0. The first-order valence-electron chi connectivity index (χ1n) is 11.4. The molecular formula is C23H34N4O4S. The van der Waals surface area contributed by atoms with Gasteiger partial charge in [0.1, 0.15) is 5.56 Å². The Morgan fingerprint density at radius 3 is 2.56 bits per heavy atom. The van der Waals surface area contributed by atoms with Crippen molar-refractivity contribution >= 4 is 26.8 Å². The van der Waals surface area contributed by atoms with Gasteiger partial charge in [-0.1, -0.05) is 20.8 Å². The molecule has 0 saturated carbocycles. The predicted octanol–water partition coefficient (Wildman–Crippen LogP) is 2.41. The Hall–Kier alpha value is -2.23. The molecule has 1 aliphatic heterocycles. The molecule has 0 atom stereocenters. The zero-order valence-electron chi connectivity index (χ0n) is 19.2. The van der Waals surface area contributed by atoms with Crippen LogP contribution in [-0.4, -0.2) is 67.8 Å². The van der Waals surface area contributed by atoms with E-state index < -0.39 is 21.4 Å². The number of hydrogen-bond acceptors (Lipinski definition) is 5. The van der Waals surface area contributed by atoms with Gasteiger partial charge in [0.05, 0.1) is 4.90 Å². The molecule has 0 aliphatic carbocycles. The summed E-state index contributed by atoms with van der Waals surface area (Å²) in [6.07, 6.45) is 3.83. The van der Waals surface area contributed by atoms with E-state index in [1.807, 2.05) is 0 Å². The second kappa shape index (κ2) is 10.6. The van der Waals surface area contributed by atoms with Crippen LogP contribution in [0.1, 0.15) is 50.4 Å². The van der Waals surface area contributed by atoms with E-state index in [9.17, 15) is 18.0 Å². The molecule has 1 amide bonds. The van der Waals surface area contributed by atoms with Crippen LogP contribution in [0.3, 0.4) is 0 Å². The number of nitrogens with zero attached hydrogens (tertiary/aromatic N) is 2. The van der Waals surface area contributed by atoms with Gasteiger partial charge in [0.25, 0.3) is 5.91 Å². The molecule has 1 aromatic heterocycles. The summed E-state index contributed by atoms with van der Waals surface area (Å²) >= 11 is 0. The van der Waals surface area contributed by atoms with Crippen LogP contribution in [0.25, 0.3) is 10.9 Å². The summed E-state index contributed by atoms with van der Waals surface area (Å²) in [7, 11) is -3.68. The summed E-state index contributed by atoms with van der Waals surface area (Å²) in [5, 5.41) is 3.00. The fourth-order valence-corrected chi connectivity index (χ4v) is 5.54. The molecule has 2 N–H and O–H groups in total. The summed E-state index contributed by atoms with van der Waals surface area (Å²) < 4.78 is 27.6. The van der Waals surface area contributed by atoms with Crippen LogP contribution in [0, 0.1) is 5.92 Å². The van der Waals surface area contributed by atoms with Gasteiger partial charge in [-0.15, -0.1) is 0 Å². The summed E-state index contributed by atoms with van der Waals surface area (Å²) in [5.74, 6) is 0.0555. The first kappa shape index (κ1) is 24.4. The molecular weight excluding hydrogens is 428 g/mol. The van der Waals surface area contributed by atoms with Crippen molar-refractivity contribution in [1.82, 2.24) is 19.5 Å². The van der Waals surface area contributed by atoms with Gasteiger partial charge in [0, 0.05) is 36.7 Å². The summed E-state index contributed by atoms with van der Waals surface area (Å²) in [6.45, 7) is 10.5. The Labute approximate surface area is 190 Å². The third kappa shape index (κ3) is 5.39. The summed E-state index contributed by atoms with van der Waals surface area (Å²) in [4.78, 5) is 30.9. The van der Waals surface area contributed by atoms with Crippen LogP contribution in [0.15, 0.2) is 34.1 Å².